The molecule has 4 nitrogen and oxygen atoms in total. The zero-order chi connectivity index (χ0) is 9.68. The molecule has 1 aromatic heterocycles. The molecule has 2 N–H and O–H groups in total. The number of ether oxygens (including phenoxy) is 1. The van der Waals surface area contributed by atoms with E-state index in [4.69, 9.17) is 10.5 Å². The smallest absolute Gasteiger partial charge is 0.237 e. The minimum atomic E-state index is 0.518. The maximum Gasteiger partial charge on any atom is 0.237 e. The molecule has 0 aliphatic heterocycles. The first-order valence-corrected chi connectivity index (χ1v) is 4.18. The molecule has 0 aliphatic carbocycles. The molecule has 0 fully saturated rings. The number of anilines is 1. The van der Waals surface area contributed by atoms with Gasteiger partial charge in [0.25, 0.3) is 0 Å². The number of nitrogens with two attached hydrogens (primary N) is 1. The predicted molar refractivity (Wildman–Crippen MR) is 52.7 cm³/mol. The lowest BCUT2D eigenvalue weighted by atomic mass is 10.4. The van der Waals surface area contributed by atoms with E-state index < -0.39 is 0 Å². The van der Waals surface area contributed by atoms with Gasteiger partial charge in [0.2, 0.25) is 5.88 Å². The van der Waals surface area contributed by atoms with Crippen LogP contribution in [0.3, 0.4) is 0 Å². The summed E-state index contributed by atoms with van der Waals surface area (Å²) in [5.74, 6) is 0.518. The Morgan fingerprint density at radius 3 is 2.92 bits per heavy atom. The van der Waals surface area contributed by atoms with E-state index in [0.717, 1.165) is 6.54 Å². The second-order valence-electron chi connectivity index (χ2n) is 3.05. The number of aromatic nitrogens is 1. The summed E-state index contributed by atoms with van der Waals surface area (Å²) in [7, 11) is 3.98. The lowest BCUT2D eigenvalue weighted by Gasteiger charge is -2.10. The highest BCUT2D eigenvalue weighted by molar-refractivity contribution is 5.46. The van der Waals surface area contributed by atoms with Crippen LogP contribution < -0.4 is 10.5 Å². The maximum absolute atomic E-state index is 5.64. The zero-order valence-corrected chi connectivity index (χ0v) is 8.03. The van der Waals surface area contributed by atoms with Gasteiger partial charge in [-0.25, -0.2) is 4.98 Å². The second-order valence-corrected chi connectivity index (χ2v) is 3.05. The summed E-state index contributed by atoms with van der Waals surface area (Å²) in [6.45, 7) is 1.46. The highest BCUT2D eigenvalue weighted by Crippen LogP contribution is 2.15. The van der Waals surface area contributed by atoms with E-state index in [1.54, 1.807) is 18.3 Å². The van der Waals surface area contributed by atoms with Gasteiger partial charge in [0.05, 0.1) is 5.69 Å². The molecule has 0 radical (unpaired) electrons. The first-order valence-electron chi connectivity index (χ1n) is 4.18. The molecular formula is C9H15N3O. The fourth-order valence-electron chi connectivity index (χ4n) is 0.849. The Bertz CT molecular complexity index is 263. The van der Waals surface area contributed by atoms with Crippen LogP contribution in [0.25, 0.3) is 0 Å². The van der Waals surface area contributed by atoms with Crippen molar-refractivity contribution in [2.24, 2.45) is 0 Å². The normalized spacial score (nSPS) is 10.4. The van der Waals surface area contributed by atoms with Gasteiger partial charge in [0.15, 0.2) is 0 Å². The summed E-state index contributed by atoms with van der Waals surface area (Å²) < 4.78 is 5.37. The van der Waals surface area contributed by atoms with Crippen molar-refractivity contribution < 1.29 is 4.74 Å². The van der Waals surface area contributed by atoms with Crippen molar-refractivity contribution in [1.29, 1.82) is 0 Å². The lowest BCUT2D eigenvalue weighted by molar-refractivity contribution is 0.255. The average molecular weight is 181 g/mol. The minimum absolute atomic E-state index is 0.518. The van der Waals surface area contributed by atoms with Crippen LogP contribution in [0.2, 0.25) is 0 Å². The Balaban J connectivity index is 2.41. The van der Waals surface area contributed by atoms with Gasteiger partial charge in [0.1, 0.15) is 6.61 Å². The summed E-state index contributed by atoms with van der Waals surface area (Å²) >= 11 is 0. The van der Waals surface area contributed by atoms with E-state index in [2.05, 4.69) is 4.98 Å². The SMILES string of the molecule is CN(C)CCOc1ncccc1N. The Morgan fingerprint density at radius 1 is 1.54 bits per heavy atom. The molecule has 0 aromatic carbocycles. The molecule has 0 amide bonds. The van der Waals surface area contributed by atoms with E-state index in [-0.39, 0.29) is 0 Å². The Morgan fingerprint density at radius 2 is 2.31 bits per heavy atom. The van der Waals surface area contributed by atoms with Crippen LogP contribution in [0, 0.1) is 0 Å². The monoisotopic (exact) mass is 181 g/mol. The van der Waals surface area contributed by atoms with E-state index in [9.17, 15) is 0 Å². The van der Waals surface area contributed by atoms with Crippen LogP contribution in [-0.4, -0.2) is 37.1 Å². The van der Waals surface area contributed by atoms with E-state index in [1.165, 1.54) is 0 Å². The van der Waals surface area contributed by atoms with Crippen molar-refractivity contribution in [2.45, 2.75) is 0 Å². The number of hydrogen-bond donors (Lipinski definition) is 1. The Labute approximate surface area is 78.3 Å². The molecular weight excluding hydrogens is 166 g/mol. The fourth-order valence-corrected chi connectivity index (χ4v) is 0.849. The average Bonchev–Trinajstić information content (AvgIpc) is 2.08. The quantitative estimate of drug-likeness (QED) is 0.739. The third kappa shape index (κ3) is 3.29. The molecule has 0 atom stereocenters. The molecule has 0 spiro atoms. The molecule has 1 aromatic rings. The summed E-state index contributed by atoms with van der Waals surface area (Å²) in [5, 5.41) is 0. The molecule has 0 bridgehead atoms. The van der Waals surface area contributed by atoms with Crippen molar-refractivity contribution in [3.8, 4) is 5.88 Å². The fraction of sp³-hybridized carbons (Fsp3) is 0.444. The van der Waals surface area contributed by atoms with Crippen LogP contribution >= 0.6 is 0 Å². The highest BCUT2D eigenvalue weighted by atomic mass is 16.5. The van der Waals surface area contributed by atoms with Gasteiger partial charge in [-0.15, -0.1) is 0 Å². The first kappa shape index (κ1) is 9.80. The van der Waals surface area contributed by atoms with Crippen molar-refractivity contribution in [3.63, 3.8) is 0 Å². The molecule has 1 rings (SSSR count). The molecule has 13 heavy (non-hydrogen) atoms. The summed E-state index contributed by atoms with van der Waals surface area (Å²) in [6.07, 6.45) is 1.67. The largest absolute Gasteiger partial charge is 0.475 e. The van der Waals surface area contributed by atoms with Gasteiger partial charge in [-0.05, 0) is 26.2 Å². The number of pyridine rings is 1. The number of nitrogen functional groups attached to an aromatic ring is 1. The standard InChI is InChI=1S/C9H15N3O/c1-12(2)6-7-13-9-8(10)4-3-5-11-9/h3-5H,6-7,10H2,1-2H3. The second kappa shape index (κ2) is 4.67. The minimum Gasteiger partial charge on any atom is -0.475 e. The molecule has 72 valence electrons. The first-order chi connectivity index (χ1) is 6.20. The Hall–Kier alpha value is -1.29. The number of hydrogen-bond acceptors (Lipinski definition) is 4. The molecule has 4 heteroatoms. The summed E-state index contributed by atoms with van der Waals surface area (Å²) in [5.41, 5.74) is 6.22. The molecule has 0 saturated carbocycles. The van der Waals surface area contributed by atoms with Crippen molar-refractivity contribution in [2.75, 3.05) is 33.0 Å². The third-order valence-corrected chi connectivity index (χ3v) is 1.58. The van der Waals surface area contributed by atoms with Crippen molar-refractivity contribution in [3.05, 3.63) is 18.3 Å². The van der Waals surface area contributed by atoms with E-state index >= 15 is 0 Å². The molecule has 0 saturated heterocycles. The van der Waals surface area contributed by atoms with E-state index in [0.29, 0.717) is 18.2 Å². The van der Waals surface area contributed by atoms with Gasteiger partial charge < -0.3 is 15.4 Å². The lowest BCUT2D eigenvalue weighted by Crippen LogP contribution is -2.20. The predicted octanol–water partition coefficient (Wildman–Crippen LogP) is 0.604. The topological polar surface area (TPSA) is 51.4 Å². The number of rotatable bonds is 4. The maximum atomic E-state index is 5.64. The van der Waals surface area contributed by atoms with Gasteiger partial charge in [-0.3, -0.25) is 0 Å². The van der Waals surface area contributed by atoms with Crippen molar-refractivity contribution in [1.82, 2.24) is 9.88 Å². The van der Waals surface area contributed by atoms with Crippen LogP contribution in [0.1, 0.15) is 0 Å². The number of likely N-dealkylation sites (N-methyl/N-ethyl adjacent to an activating group) is 1. The molecule has 0 unspecified atom stereocenters. The van der Waals surface area contributed by atoms with Crippen LogP contribution in [-0.2, 0) is 0 Å². The summed E-state index contributed by atoms with van der Waals surface area (Å²) in [4.78, 5) is 6.05. The third-order valence-electron chi connectivity index (χ3n) is 1.58. The van der Waals surface area contributed by atoms with Crippen LogP contribution in [0.5, 0.6) is 5.88 Å². The Kier molecular flexibility index (Phi) is 3.52. The van der Waals surface area contributed by atoms with Gasteiger partial charge in [-0.1, -0.05) is 0 Å². The molecule has 1 heterocycles. The molecule has 0 aliphatic rings. The van der Waals surface area contributed by atoms with Gasteiger partial charge in [-0.2, -0.15) is 0 Å². The number of nitrogens with zero attached hydrogens (tertiary/aromatic N) is 2. The zero-order valence-electron chi connectivity index (χ0n) is 8.03. The van der Waals surface area contributed by atoms with E-state index in [1.807, 2.05) is 19.0 Å². The van der Waals surface area contributed by atoms with Gasteiger partial charge in [0, 0.05) is 12.7 Å². The van der Waals surface area contributed by atoms with Gasteiger partial charge >= 0.3 is 0 Å². The highest BCUT2D eigenvalue weighted by Gasteiger charge is 1.99. The van der Waals surface area contributed by atoms with Crippen LogP contribution in [0.15, 0.2) is 18.3 Å². The van der Waals surface area contributed by atoms with Crippen LogP contribution in [0.4, 0.5) is 5.69 Å². The summed E-state index contributed by atoms with van der Waals surface area (Å²) in [6, 6.07) is 3.56. The van der Waals surface area contributed by atoms with Crippen molar-refractivity contribution >= 4 is 5.69 Å².